The fourth-order valence-electron chi connectivity index (χ4n) is 3.64. The molecule has 0 aromatic heterocycles. The van der Waals surface area contributed by atoms with Crippen molar-refractivity contribution in [2.75, 3.05) is 6.61 Å². The molecule has 0 aliphatic carbocycles. The second-order valence-corrected chi connectivity index (χ2v) is 6.63. The van der Waals surface area contributed by atoms with E-state index in [-0.39, 0.29) is 12.5 Å². The van der Waals surface area contributed by atoms with Crippen LogP contribution in [0.5, 0.6) is 0 Å². The van der Waals surface area contributed by atoms with E-state index in [0.29, 0.717) is 19.4 Å². The van der Waals surface area contributed by atoms with Crippen molar-refractivity contribution in [2.24, 2.45) is 5.73 Å². The van der Waals surface area contributed by atoms with E-state index >= 15 is 0 Å². The van der Waals surface area contributed by atoms with Crippen molar-refractivity contribution in [3.63, 3.8) is 0 Å². The number of hydrogen-bond acceptors (Lipinski definition) is 3. The third kappa shape index (κ3) is 3.36. The molecule has 4 aromatic carbocycles. The molecular formula is C22H20N2O3. The number of nitrogens with one attached hydrogen (secondary N) is 1. The van der Waals surface area contributed by atoms with Gasteiger partial charge < -0.3 is 15.8 Å². The summed E-state index contributed by atoms with van der Waals surface area (Å²) < 4.78 is 4.64. The smallest absolute Gasteiger partial charge is 0.404 e. The Bertz CT molecular complexity index is 1120. The lowest BCUT2D eigenvalue weighted by Gasteiger charge is -2.14. The van der Waals surface area contributed by atoms with Crippen LogP contribution in [0.4, 0.5) is 4.79 Å². The van der Waals surface area contributed by atoms with Gasteiger partial charge in [-0.2, -0.15) is 0 Å². The number of primary amides is 1. The molecule has 4 rings (SSSR count). The highest BCUT2D eigenvalue weighted by Crippen LogP contribution is 2.35. The van der Waals surface area contributed by atoms with E-state index in [0.717, 1.165) is 10.9 Å². The van der Waals surface area contributed by atoms with E-state index in [1.165, 1.54) is 26.9 Å². The molecule has 0 saturated heterocycles. The zero-order valence-electron chi connectivity index (χ0n) is 14.8. The van der Waals surface area contributed by atoms with Crippen molar-refractivity contribution < 1.29 is 14.3 Å². The molecule has 0 bridgehead atoms. The third-order valence-electron chi connectivity index (χ3n) is 4.89. The van der Waals surface area contributed by atoms with E-state index < -0.39 is 6.09 Å². The Balaban J connectivity index is 1.56. The quantitative estimate of drug-likeness (QED) is 0.402. The standard InChI is InChI=1S/C22H20N2O3/c23-22(26)27-12-2-5-19(25)24-13-17-9-8-16-7-6-14-3-1-4-15-10-11-18(17)21(16)20(14)15/h1,3-4,6-11H,2,5,12-13H2,(H2,23,26)(H,24,25). The maximum Gasteiger partial charge on any atom is 0.404 e. The fourth-order valence-corrected chi connectivity index (χ4v) is 3.64. The number of ether oxygens (including phenoxy) is 1. The molecule has 0 aliphatic heterocycles. The molecule has 0 saturated carbocycles. The Hall–Kier alpha value is -3.34. The number of hydrogen-bond donors (Lipinski definition) is 2. The zero-order chi connectivity index (χ0) is 18.8. The third-order valence-corrected chi connectivity index (χ3v) is 4.89. The molecule has 5 heteroatoms. The number of amides is 2. The summed E-state index contributed by atoms with van der Waals surface area (Å²) in [6.07, 6.45) is -0.0733. The Morgan fingerprint density at radius 1 is 0.889 bits per heavy atom. The Morgan fingerprint density at radius 2 is 1.56 bits per heavy atom. The average Bonchev–Trinajstić information content (AvgIpc) is 2.68. The van der Waals surface area contributed by atoms with Crippen molar-refractivity contribution >= 4 is 44.3 Å². The molecule has 27 heavy (non-hydrogen) atoms. The number of carbonyl (C=O) groups is 2. The Morgan fingerprint density at radius 3 is 2.30 bits per heavy atom. The van der Waals surface area contributed by atoms with Gasteiger partial charge in [0.25, 0.3) is 0 Å². The second kappa shape index (κ2) is 7.11. The molecule has 4 aromatic rings. The first kappa shape index (κ1) is 17.1. The van der Waals surface area contributed by atoms with Crippen LogP contribution in [0.1, 0.15) is 18.4 Å². The van der Waals surface area contributed by atoms with E-state index in [1.54, 1.807) is 0 Å². The van der Waals surface area contributed by atoms with Crippen LogP contribution in [0.15, 0.2) is 54.6 Å². The number of benzene rings is 4. The van der Waals surface area contributed by atoms with Crippen LogP contribution < -0.4 is 11.1 Å². The molecule has 0 atom stereocenters. The molecule has 0 radical (unpaired) electrons. The van der Waals surface area contributed by atoms with Gasteiger partial charge in [0.1, 0.15) is 0 Å². The number of rotatable bonds is 6. The fraction of sp³-hybridized carbons (Fsp3) is 0.182. The lowest BCUT2D eigenvalue weighted by Crippen LogP contribution is -2.23. The van der Waals surface area contributed by atoms with Crippen LogP contribution in [-0.4, -0.2) is 18.6 Å². The second-order valence-electron chi connectivity index (χ2n) is 6.63. The van der Waals surface area contributed by atoms with Crippen LogP contribution >= 0.6 is 0 Å². The lowest BCUT2D eigenvalue weighted by molar-refractivity contribution is -0.121. The summed E-state index contributed by atoms with van der Waals surface area (Å²) in [5, 5.41) is 10.3. The highest BCUT2D eigenvalue weighted by Gasteiger charge is 2.11. The summed E-state index contributed by atoms with van der Waals surface area (Å²) in [7, 11) is 0. The van der Waals surface area contributed by atoms with Gasteiger partial charge in [0, 0.05) is 13.0 Å². The first-order valence-electron chi connectivity index (χ1n) is 8.98. The van der Waals surface area contributed by atoms with E-state index in [1.807, 2.05) is 0 Å². The van der Waals surface area contributed by atoms with Gasteiger partial charge in [-0.05, 0) is 44.3 Å². The topological polar surface area (TPSA) is 81.4 Å². The van der Waals surface area contributed by atoms with Gasteiger partial charge in [-0.3, -0.25) is 4.79 Å². The molecule has 0 heterocycles. The number of nitrogens with two attached hydrogens (primary N) is 1. The maximum atomic E-state index is 12.0. The SMILES string of the molecule is NC(=O)OCCCC(=O)NCc1ccc2ccc3cccc4ccc1c2c34. The minimum Gasteiger partial charge on any atom is -0.450 e. The summed E-state index contributed by atoms with van der Waals surface area (Å²) >= 11 is 0. The van der Waals surface area contributed by atoms with Crippen molar-refractivity contribution in [3.8, 4) is 0 Å². The summed E-state index contributed by atoms with van der Waals surface area (Å²) in [4.78, 5) is 22.6. The van der Waals surface area contributed by atoms with Gasteiger partial charge in [0.15, 0.2) is 0 Å². The minimum atomic E-state index is -0.816. The van der Waals surface area contributed by atoms with Crippen LogP contribution in [0.25, 0.3) is 32.3 Å². The molecular weight excluding hydrogens is 340 g/mol. The van der Waals surface area contributed by atoms with E-state index in [9.17, 15) is 9.59 Å². The van der Waals surface area contributed by atoms with Gasteiger partial charge in [-0.25, -0.2) is 4.79 Å². The van der Waals surface area contributed by atoms with Gasteiger partial charge in [-0.15, -0.1) is 0 Å². The minimum absolute atomic E-state index is 0.0752. The number of carbonyl (C=O) groups excluding carboxylic acids is 2. The van der Waals surface area contributed by atoms with Gasteiger partial charge >= 0.3 is 6.09 Å². The molecule has 2 amide bonds. The predicted octanol–water partition coefficient (Wildman–Crippen LogP) is 4.08. The molecule has 5 nitrogen and oxygen atoms in total. The first-order chi connectivity index (χ1) is 13.1. The molecule has 0 fully saturated rings. The highest BCUT2D eigenvalue weighted by atomic mass is 16.5. The van der Waals surface area contributed by atoms with Crippen LogP contribution in [0, 0.1) is 0 Å². The lowest BCUT2D eigenvalue weighted by atomic mass is 9.92. The largest absolute Gasteiger partial charge is 0.450 e. The van der Waals surface area contributed by atoms with Crippen molar-refractivity contribution in [3.05, 3.63) is 60.2 Å². The first-order valence-corrected chi connectivity index (χ1v) is 8.98. The van der Waals surface area contributed by atoms with Gasteiger partial charge in [0.2, 0.25) is 5.91 Å². The zero-order valence-corrected chi connectivity index (χ0v) is 14.8. The Labute approximate surface area is 156 Å². The summed E-state index contributed by atoms with van der Waals surface area (Å²) in [5.74, 6) is -0.0752. The summed E-state index contributed by atoms with van der Waals surface area (Å²) in [6.45, 7) is 0.616. The van der Waals surface area contributed by atoms with Crippen LogP contribution in [0.3, 0.4) is 0 Å². The summed E-state index contributed by atoms with van der Waals surface area (Å²) in [5.41, 5.74) is 5.98. The molecule has 3 N–H and O–H groups in total. The van der Waals surface area contributed by atoms with Crippen LogP contribution in [-0.2, 0) is 16.1 Å². The summed E-state index contributed by atoms with van der Waals surface area (Å²) in [6, 6.07) is 19.1. The van der Waals surface area contributed by atoms with Crippen molar-refractivity contribution in [2.45, 2.75) is 19.4 Å². The van der Waals surface area contributed by atoms with Gasteiger partial charge in [0.05, 0.1) is 6.61 Å². The van der Waals surface area contributed by atoms with E-state index in [4.69, 9.17) is 5.73 Å². The normalized spacial score (nSPS) is 11.3. The predicted molar refractivity (Wildman–Crippen MR) is 107 cm³/mol. The van der Waals surface area contributed by atoms with E-state index in [2.05, 4.69) is 64.7 Å². The van der Waals surface area contributed by atoms with Gasteiger partial charge in [-0.1, -0.05) is 54.6 Å². The molecule has 0 spiro atoms. The maximum absolute atomic E-state index is 12.0. The Kier molecular flexibility index (Phi) is 4.50. The highest BCUT2D eigenvalue weighted by molar-refractivity contribution is 6.23. The van der Waals surface area contributed by atoms with Crippen LogP contribution in [0.2, 0.25) is 0 Å². The average molecular weight is 360 g/mol. The van der Waals surface area contributed by atoms with Crippen molar-refractivity contribution in [1.29, 1.82) is 0 Å². The molecule has 136 valence electrons. The molecule has 0 aliphatic rings. The monoisotopic (exact) mass is 360 g/mol. The van der Waals surface area contributed by atoms with Crippen molar-refractivity contribution in [1.82, 2.24) is 5.32 Å². The molecule has 0 unspecified atom stereocenters.